The fourth-order valence-electron chi connectivity index (χ4n) is 4.12. The van der Waals surface area contributed by atoms with Gasteiger partial charge in [-0.15, -0.1) is 0 Å². The highest BCUT2D eigenvalue weighted by Crippen LogP contribution is 2.37. The van der Waals surface area contributed by atoms with Crippen LogP contribution in [0, 0.1) is 0 Å². The van der Waals surface area contributed by atoms with E-state index in [0.717, 1.165) is 38.2 Å². The monoisotopic (exact) mass is 462 g/mol. The molecule has 3 N–H and O–H groups in total. The second-order valence-electron chi connectivity index (χ2n) is 8.23. The number of amides is 1. The molecule has 176 valence electrons. The number of nitrogens with one attached hydrogen (secondary N) is 1. The predicted molar refractivity (Wildman–Crippen MR) is 116 cm³/mol. The Bertz CT molecular complexity index is 1170. The topological polar surface area (TPSA) is 103 Å². The number of carbonyl (C=O) groups excluding carboxylic acids is 1. The Morgan fingerprint density at radius 3 is 2.55 bits per heavy atom. The zero-order valence-corrected chi connectivity index (χ0v) is 18.3. The van der Waals surface area contributed by atoms with Gasteiger partial charge in [-0.25, -0.2) is 9.97 Å². The van der Waals surface area contributed by atoms with Crippen molar-refractivity contribution in [2.24, 2.45) is 5.73 Å². The van der Waals surface area contributed by atoms with E-state index in [-0.39, 0.29) is 40.6 Å². The van der Waals surface area contributed by atoms with E-state index in [0.29, 0.717) is 10.9 Å². The number of carbonyl (C=O) groups is 1. The van der Waals surface area contributed by atoms with Crippen LogP contribution in [0.1, 0.15) is 67.0 Å². The number of ether oxygens (including phenoxy) is 1. The number of benzene rings is 1. The Hall–Kier alpha value is -3.14. The smallest absolute Gasteiger partial charge is 0.433 e. The largest absolute Gasteiger partial charge is 0.494 e. The Labute approximate surface area is 188 Å². The Balaban J connectivity index is 1.78. The first-order valence-electron chi connectivity index (χ1n) is 10.8. The van der Waals surface area contributed by atoms with Gasteiger partial charge in [0.05, 0.1) is 13.2 Å². The molecule has 0 saturated heterocycles. The highest BCUT2D eigenvalue weighted by atomic mass is 19.4. The minimum Gasteiger partial charge on any atom is -0.494 e. The summed E-state index contributed by atoms with van der Waals surface area (Å²) >= 11 is 0. The molecule has 10 heteroatoms. The fourth-order valence-corrected chi connectivity index (χ4v) is 4.12. The van der Waals surface area contributed by atoms with E-state index < -0.39 is 17.9 Å². The lowest BCUT2D eigenvalue weighted by Gasteiger charge is -2.22. The number of alkyl halides is 3. The van der Waals surface area contributed by atoms with Crippen molar-refractivity contribution in [3.8, 4) is 17.2 Å². The van der Waals surface area contributed by atoms with Crippen LogP contribution in [0.2, 0.25) is 0 Å². The van der Waals surface area contributed by atoms with Crippen LogP contribution in [0.15, 0.2) is 28.7 Å². The van der Waals surface area contributed by atoms with Crippen molar-refractivity contribution in [1.29, 1.82) is 0 Å². The third-order valence-corrected chi connectivity index (χ3v) is 5.78. The van der Waals surface area contributed by atoms with Crippen molar-refractivity contribution in [2.45, 2.75) is 57.3 Å². The van der Waals surface area contributed by atoms with Crippen LogP contribution in [0.4, 0.5) is 13.2 Å². The average Bonchev–Trinajstić information content (AvgIpc) is 3.24. The number of nitrogens with zero attached hydrogens (tertiary/aromatic N) is 2. The molecule has 1 atom stereocenters. The molecule has 1 fully saturated rings. The molecule has 0 unspecified atom stereocenters. The number of rotatable bonds is 5. The van der Waals surface area contributed by atoms with Crippen molar-refractivity contribution < 1.29 is 27.1 Å². The first-order chi connectivity index (χ1) is 15.7. The quantitative estimate of drug-likeness (QED) is 0.553. The molecule has 1 amide bonds. The first-order valence-corrected chi connectivity index (χ1v) is 10.8. The summed E-state index contributed by atoms with van der Waals surface area (Å²) in [5.74, 6) is 0.0843. The van der Waals surface area contributed by atoms with Crippen LogP contribution >= 0.6 is 0 Å². The summed E-state index contributed by atoms with van der Waals surface area (Å²) in [7, 11) is 1.35. The maximum absolute atomic E-state index is 13.2. The van der Waals surface area contributed by atoms with Gasteiger partial charge in [0.15, 0.2) is 11.5 Å². The summed E-state index contributed by atoms with van der Waals surface area (Å²) in [5, 5.41) is 3.35. The zero-order chi connectivity index (χ0) is 23.8. The summed E-state index contributed by atoms with van der Waals surface area (Å²) in [4.78, 5) is 21.1. The first kappa shape index (κ1) is 23.0. The van der Waals surface area contributed by atoms with Crippen LogP contribution in [-0.4, -0.2) is 29.0 Å². The van der Waals surface area contributed by atoms with Gasteiger partial charge < -0.3 is 20.2 Å². The van der Waals surface area contributed by atoms with E-state index in [2.05, 4.69) is 15.3 Å². The highest BCUT2D eigenvalue weighted by molar-refractivity contribution is 5.98. The lowest BCUT2D eigenvalue weighted by molar-refractivity contribution is -0.140. The molecule has 0 aliphatic heterocycles. The number of nitrogens with two attached hydrogens (primary N) is 1. The van der Waals surface area contributed by atoms with Crippen LogP contribution in [0.5, 0.6) is 5.75 Å². The van der Waals surface area contributed by atoms with E-state index in [1.807, 2.05) is 0 Å². The maximum Gasteiger partial charge on any atom is 0.433 e. The van der Waals surface area contributed by atoms with Crippen LogP contribution in [0.25, 0.3) is 22.4 Å². The normalized spacial score (nSPS) is 16.1. The van der Waals surface area contributed by atoms with Gasteiger partial charge >= 0.3 is 6.18 Å². The summed E-state index contributed by atoms with van der Waals surface area (Å²) in [6.45, 7) is 1.67. The number of hydrogen-bond acceptors (Lipinski definition) is 6. The number of aromatic nitrogens is 2. The molecule has 1 aromatic carbocycles. The molecule has 7 nitrogen and oxygen atoms in total. The molecule has 3 aromatic rings. The maximum atomic E-state index is 13.2. The zero-order valence-electron chi connectivity index (χ0n) is 18.3. The lowest BCUT2D eigenvalue weighted by Crippen LogP contribution is -2.37. The van der Waals surface area contributed by atoms with Gasteiger partial charge in [0.25, 0.3) is 5.91 Å². The van der Waals surface area contributed by atoms with E-state index >= 15 is 0 Å². The summed E-state index contributed by atoms with van der Waals surface area (Å²) in [6, 6.07) is 4.73. The molecule has 1 aliphatic rings. The Morgan fingerprint density at radius 1 is 1.18 bits per heavy atom. The molecule has 0 radical (unpaired) electrons. The molecular formula is C23H25F3N4O3. The van der Waals surface area contributed by atoms with Crippen LogP contribution in [-0.2, 0) is 6.18 Å². The van der Waals surface area contributed by atoms with Crippen molar-refractivity contribution >= 4 is 16.8 Å². The average molecular weight is 462 g/mol. The molecule has 33 heavy (non-hydrogen) atoms. The molecule has 1 aliphatic carbocycles. The Morgan fingerprint density at radius 2 is 1.91 bits per heavy atom. The highest BCUT2D eigenvalue weighted by Gasteiger charge is 2.33. The van der Waals surface area contributed by atoms with E-state index in [1.165, 1.54) is 19.2 Å². The molecule has 0 bridgehead atoms. The number of methoxy groups -OCH3 is 1. The second kappa shape index (κ2) is 9.01. The second-order valence-corrected chi connectivity index (χ2v) is 8.23. The van der Waals surface area contributed by atoms with Gasteiger partial charge in [-0.1, -0.05) is 19.3 Å². The van der Waals surface area contributed by atoms with Gasteiger partial charge in [0.2, 0.25) is 5.89 Å². The molecule has 4 rings (SSSR count). The third kappa shape index (κ3) is 4.66. The van der Waals surface area contributed by atoms with Crippen LogP contribution in [0.3, 0.4) is 0 Å². The van der Waals surface area contributed by atoms with Gasteiger partial charge in [0.1, 0.15) is 17.0 Å². The van der Waals surface area contributed by atoms with Crippen LogP contribution < -0.4 is 15.8 Å². The number of hydrogen-bond donors (Lipinski definition) is 2. The standard InChI is InChI=1S/C23H25F3N4O3/c1-12(27)20-19(21(31)28-13-6-4-3-5-7-13)30-22(33-20)15-8-10-16(32-2)18-14(15)9-11-17(29-18)23(24,25)26/h8-13H,3-7,27H2,1-2H3,(H,28,31)/t12-/m0/s1. The molecule has 2 heterocycles. The van der Waals surface area contributed by atoms with Gasteiger partial charge in [-0.2, -0.15) is 13.2 Å². The molecule has 0 spiro atoms. The summed E-state index contributed by atoms with van der Waals surface area (Å²) in [5.41, 5.74) is 5.46. The minimum atomic E-state index is -4.61. The predicted octanol–water partition coefficient (Wildman–Crippen LogP) is 5.00. The molecular weight excluding hydrogens is 437 g/mol. The number of halogens is 3. The Kier molecular flexibility index (Phi) is 6.29. The van der Waals surface area contributed by atoms with Crippen molar-refractivity contribution in [1.82, 2.24) is 15.3 Å². The van der Waals surface area contributed by atoms with Gasteiger partial charge in [0, 0.05) is 17.0 Å². The van der Waals surface area contributed by atoms with Gasteiger partial charge in [-0.05, 0) is 44.0 Å². The fraction of sp³-hybridized carbons (Fsp3) is 0.435. The van der Waals surface area contributed by atoms with E-state index in [1.54, 1.807) is 13.0 Å². The summed E-state index contributed by atoms with van der Waals surface area (Å²) in [6.07, 6.45) is 0.464. The van der Waals surface area contributed by atoms with Crippen molar-refractivity contribution in [2.75, 3.05) is 7.11 Å². The minimum absolute atomic E-state index is 0.0126. The number of fused-ring (bicyclic) bond motifs is 1. The van der Waals surface area contributed by atoms with Crippen molar-refractivity contribution in [3.05, 3.63) is 41.4 Å². The van der Waals surface area contributed by atoms with E-state index in [9.17, 15) is 18.0 Å². The third-order valence-electron chi connectivity index (χ3n) is 5.78. The lowest BCUT2D eigenvalue weighted by atomic mass is 9.95. The SMILES string of the molecule is COc1ccc(-c2nc(C(=O)NC3CCCCC3)c([C@H](C)N)o2)c2ccc(C(F)(F)F)nc12. The molecule has 1 saturated carbocycles. The number of oxazole rings is 1. The van der Waals surface area contributed by atoms with Gasteiger partial charge in [-0.3, -0.25) is 4.79 Å². The summed E-state index contributed by atoms with van der Waals surface area (Å²) < 4.78 is 50.7. The number of pyridine rings is 1. The molecule has 2 aromatic heterocycles. The van der Waals surface area contributed by atoms with E-state index in [4.69, 9.17) is 14.9 Å². The van der Waals surface area contributed by atoms with Crippen molar-refractivity contribution in [3.63, 3.8) is 0 Å².